The molecule has 110 valence electrons. The quantitative estimate of drug-likeness (QED) is 0.872. The number of hydrogen-bond acceptors (Lipinski definition) is 3. The molecule has 0 amide bonds. The summed E-state index contributed by atoms with van der Waals surface area (Å²) in [6, 6.07) is 12.2. The van der Waals surface area contributed by atoms with Crippen LogP contribution in [-0.4, -0.2) is 25.5 Å². The molecule has 0 radical (unpaired) electrons. The van der Waals surface area contributed by atoms with Crippen LogP contribution >= 0.6 is 0 Å². The maximum Gasteiger partial charge on any atom is 0.164 e. The van der Waals surface area contributed by atoms with Crippen LogP contribution < -0.4 is 10.1 Å². The van der Waals surface area contributed by atoms with E-state index in [0.717, 1.165) is 35.1 Å². The lowest BCUT2D eigenvalue weighted by Gasteiger charge is -2.22. The molecule has 0 spiro atoms. The zero-order valence-corrected chi connectivity index (χ0v) is 12.4. The number of methoxy groups -OCH3 is 1. The summed E-state index contributed by atoms with van der Waals surface area (Å²) in [6.45, 7) is 1.04. The maximum atomic E-state index is 12.4. The number of carbonyl (C=O) groups is 1. The Morgan fingerprint density at radius 1 is 1.19 bits per heavy atom. The minimum atomic E-state index is 0.229. The first-order chi connectivity index (χ1) is 10.3. The monoisotopic (exact) mass is 283 g/mol. The van der Waals surface area contributed by atoms with Gasteiger partial charge < -0.3 is 10.1 Å². The Morgan fingerprint density at radius 2 is 2.00 bits per heavy atom. The molecule has 0 aromatic heterocycles. The smallest absolute Gasteiger partial charge is 0.164 e. The lowest BCUT2D eigenvalue weighted by Crippen LogP contribution is -2.35. The van der Waals surface area contributed by atoms with Crippen molar-refractivity contribution >= 4 is 16.6 Å². The highest BCUT2D eigenvalue weighted by atomic mass is 16.5. The predicted octanol–water partition coefficient (Wildman–Crippen LogP) is 3.56. The summed E-state index contributed by atoms with van der Waals surface area (Å²) in [7, 11) is 1.66. The first kappa shape index (κ1) is 14.1. The Balaban J connectivity index is 1.78. The third kappa shape index (κ3) is 3.24. The summed E-state index contributed by atoms with van der Waals surface area (Å²) in [5.41, 5.74) is 0.806. The van der Waals surface area contributed by atoms with E-state index in [-0.39, 0.29) is 5.78 Å². The standard InChI is InChI=1S/C18H21NO2/c1-21-17-8-7-13-10-15(6-5-14(13)11-17)18(20)12-16-4-2-3-9-19-16/h5-8,10-11,16,19H,2-4,9,12H2,1H3. The molecule has 2 aromatic carbocycles. The summed E-state index contributed by atoms with van der Waals surface area (Å²) < 4.78 is 5.23. The van der Waals surface area contributed by atoms with E-state index in [0.29, 0.717) is 12.5 Å². The van der Waals surface area contributed by atoms with Gasteiger partial charge in [-0.2, -0.15) is 0 Å². The van der Waals surface area contributed by atoms with E-state index in [1.807, 2.05) is 36.4 Å². The molecule has 3 heteroatoms. The number of carbonyl (C=O) groups excluding carboxylic acids is 1. The summed E-state index contributed by atoms with van der Waals surface area (Å²) in [4.78, 5) is 12.4. The minimum Gasteiger partial charge on any atom is -0.497 e. The van der Waals surface area contributed by atoms with Gasteiger partial charge in [-0.05, 0) is 48.4 Å². The third-order valence-electron chi connectivity index (χ3n) is 4.21. The van der Waals surface area contributed by atoms with Crippen molar-refractivity contribution in [3.63, 3.8) is 0 Å². The van der Waals surface area contributed by atoms with Gasteiger partial charge >= 0.3 is 0 Å². The largest absolute Gasteiger partial charge is 0.497 e. The van der Waals surface area contributed by atoms with Crippen LogP contribution in [0.2, 0.25) is 0 Å². The summed E-state index contributed by atoms with van der Waals surface area (Å²) in [5, 5.41) is 5.62. The molecule has 1 saturated heterocycles. The number of ether oxygens (including phenoxy) is 1. The molecule has 2 aromatic rings. The van der Waals surface area contributed by atoms with Gasteiger partial charge in [-0.15, -0.1) is 0 Å². The first-order valence-corrected chi connectivity index (χ1v) is 7.60. The molecule has 3 rings (SSSR count). The zero-order chi connectivity index (χ0) is 14.7. The van der Waals surface area contributed by atoms with Crippen LogP contribution in [0.4, 0.5) is 0 Å². The van der Waals surface area contributed by atoms with Crippen molar-refractivity contribution in [1.29, 1.82) is 0 Å². The molecule has 1 atom stereocenters. The molecule has 1 fully saturated rings. The average molecular weight is 283 g/mol. The summed E-state index contributed by atoms with van der Waals surface area (Å²) in [6.07, 6.45) is 4.16. The fraction of sp³-hybridized carbons (Fsp3) is 0.389. The average Bonchev–Trinajstić information content (AvgIpc) is 2.54. The van der Waals surface area contributed by atoms with Crippen LogP contribution in [0.5, 0.6) is 5.75 Å². The van der Waals surface area contributed by atoms with Crippen molar-refractivity contribution in [3.8, 4) is 5.75 Å². The lowest BCUT2D eigenvalue weighted by molar-refractivity contribution is 0.0964. The Bertz CT molecular complexity index is 645. The molecule has 0 bridgehead atoms. The van der Waals surface area contributed by atoms with E-state index in [1.165, 1.54) is 12.8 Å². The Labute approximate surface area is 125 Å². The number of benzene rings is 2. The second-order valence-electron chi connectivity index (χ2n) is 5.70. The molecule has 1 heterocycles. The Hall–Kier alpha value is -1.87. The Morgan fingerprint density at radius 3 is 2.76 bits per heavy atom. The Kier molecular flexibility index (Phi) is 4.20. The van der Waals surface area contributed by atoms with E-state index in [2.05, 4.69) is 5.32 Å². The van der Waals surface area contributed by atoms with Gasteiger partial charge in [0.2, 0.25) is 0 Å². The predicted molar refractivity (Wildman–Crippen MR) is 85.1 cm³/mol. The fourth-order valence-corrected chi connectivity index (χ4v) is 2.96. The van der Waals surface area contributed by atoms with E-state index in [9.17, 15) is 4.79 Å². The van der Waals surface area contributed by atoms with Crippen LogP contribution in [0, 0.1) is 0 Å². The number of Topliss-reactive ketones (excluding diaryl/α,β-unsaturated/α-hetero) is 1. The number of piperidine rings is 1. The van der Waals surface area contributed by atoms with Crippen LogP contribution in [0.15, 0.2) is 36.4 Å². The highest BCUT2D eigenvalue weighted by Gasteiger charge is 2.17. The second kappa shape index (κ2) is 6.27. The van der Waals surface area contributed by atoms with Gasteiger partial charge in [0.1, 0.15) is 5.75 Å². The lowest BCUT2D eigenvalue weighted by atomic mass is 9.96. The van der Waals surface area contributed by atoms with Gasteiger partial charge in [0, 0.05) is 18.0 Å². The summed E-state index contributed by atoms with van der Waals surface area (Å²) >= 11 is 0. The van der Waals surface area contributed by atoms with Crippen LogP contribution in [-0.2, 0) is 0 Å². The van der Waals surface area contributed by atoms with E-state index in [1.54, 1.807) is 7.11 Å². The van der Waals surface area contributed by atoms with Gasteiger partial charge in [0.25, 0.3) is 0 Å². The number of rotatable bonds is 4. The van der Waals surface area contributed by atoms with Crippen LogP contribution in [0.3, 0.4) is 0 Å². The molecule has 1 aliphatic heterocycles. The molecule has 3 nitrogen and oxygen atoms in total. The van der Waals surface area contributed by atoms with Crippen molar-refractivity contribution in [2.75, 3.05) is 13.7 Å². The first-order valence-electron chi connectivity index (χ1n) is 7.60. The number of ketones is 1. The number of nitrogens with one attached hydrogen (secondary N) is 1. The normalized spacial score (nSPS) is 18.6. The highest BCUT2D eigenvalue weighted by molar-refractivity contribution is 6.00. The third-order valence-corrected chi connectivity index (χ3v) is 4.21. The van der Waals surface area contributed by atoms with Gasteiger partial charge in [-0.3, -0.25) is 4.79 Å². The van der Waals surface area contributed by atoms with E-state index in [4.69, 9.17) is 4.74 Å². The van der Waals surface area contributed by atoms with E-state index >= 15 is 0 Å². The molecule has 0 saturated carbocycles. The van der Waals surface area contributed by atoms with Crippen LogP contribution in [0.25, 0.3) is 10.8 Å². The molecule has 1 N–H and O–H groups in total. The van der Waals surface area contributed by atoms with Crippen molar-refractivity contribution in [1.82, 2.24) is 5.32 Å². The molecule has 1 unspecified atom stereocenters. The highest BCUT2D eigenvalue weighted by Crippen LogP contribution is 2.23. The molecule has 21 heavy (non-hydrogen) atoms. The minimum absolute atomic E-state index is 0.229. The molecular formula is C18H21NO2. The van der Waals surface area contributed by atoms with Crippen molar-refractivity contribution in [2.45, 2.75) is 31.7 Å². The van der Waals surface area contributed by atoms with Gasteiger partial charge in [-0.1, -0.05) is 24.6 Å². The van der Waals surface area contributed by atoms with Crippen molar-refractivity contribution in [3.05, 3.63) is 42.0 Å². The molecule has 0 aliphatic carbocycles. The summed E-state index contributed by atoms with van der Waals surface area (Å²) in [5.74, 6) is 1.07. The van der Waals surface area contributed by atoms with Crippen LogP contribution in [0.1, 0.15) is 36.0 Å². The topological polar surface area (TPSA) is 38.3 Å². The second-order valence-corrected chi connectivity index (χ2v) is 5.70. The zero-order valence-electron chi connectivity index (χ0n) is 12.4. The number of fused-ring (bicyclic) bond motifs is 1. The van der Waals surface area contributed by atoms with E-state index < -0.39 is 0 Å². The van der Waals surface area contributed by atoms with Crippen molar-refractivity contribution < 1.29 is 9.53 Å². The fourth-order valence-electron chi connectivity index (χ4n) is 2.96. The van der Waals surface area contributed by atoms with Crippen molar-refractivity contribution in [2.24, 2.45) is 0 Å². The SMILES string of the molecule is COc1ccc2cc(C(=O)CC3CCCCN3)ccc2c1. The maximum absolute atomic E-state index is 12.4. The van der Waals surface area contributed by atoms with Gasteiger partial charge in [-0.25, -0.2) is 0 Å². The van der Waals surface area contributed by atoms with Gasteiger partial charge in [0.05, 0.1) is 7.11 Å². The molecular weight excluding hydrogens is 262 g/mol. The van der Waals surface area contributed by atoms with Gasteiger partial charge in [0.15, 0.2) is 5.78 Å². The molecule has 1 aliphatic rings. The number of hydrogen-bond donors (Lipinski definition) is 1.